The molecule has 1 aliphatic carbocycles. The second-order valence-electron chi connectivity index (χ2n) is 7.51. The van der Waals surface area contributed by atoms with Gasteiger partial charge in [-0.05, 0) is 50.0 Å². The molecule has 1 fully saturated rings. The van der Waals surface area contributed by atoms with Gasteiger partial charge in [-0.2, -0.15) is 13.2 Å². The van der Waals surface area contributed by atoms with E-state index in [0.717, 1.165) is 22.8 Å². The molecule has 2 aromatic rings. The third-order valence-corrected chi connectivity index (χ3v) is 5.89. The lowest BCUT2D eigenvalue weighted by atomic mass is 10.0. The molecule has 2 aromatic carbocycles. The van der Waals surface area contributed by atoms with E-state index in [1.54, 1.807) is 13.8 Å². The average Bonchev–Trinajstić information content (AvgIpc) is 3.20. The smallest absolute Gasteiger partial charge is 0.422 e. The molecule has 0 amide bonds. The van der Waals surface area contributed by atoms with Crippen LogP contribution in [-0.2, 0) is 16.1 Å². The molecule has 0 spiro atoms. The lowest BCUT2D eigenvalue weighted by molar-refractivity contribution is -0.147. The molecular formula is C22H20BrF3O2. The van der Waals surface area contributed by atoms with Crippen LogP contribution >= 0.6 is 15.9 Å². The Morgan fingerprint density at radius 1 is 1.11 bits per heavy atom. The summed E-state index contributed by atoms with van der Waals surface area (Å²) in [4.78, 5) is 12.4. The van der Waals surface area contributed by atoms with Gasteiger partial charge in [0.2, 0.25) is 0 Å². The molecule has 0 saturated heterocycles. The van der Waals surface area contributed by atoms with E-state index in [9.17, 15) is 18.0 Å². The van der Waals surface area contributed by atoms with Crippen LogP contribution in [0.15, 0.2) is 65.2 Å². The number of esters is 1. The van der Waals surface area contributed by atoms with Crippen molar-refractivity contribution in [3.63, 3.8) is 0 Å². The molecule has 0 bridgehead atoms. The summed E-state index contributed by atoms with van der Waals surface area (Å²) in [5, 5.41) is 0. The van der Waals surface area contributed by atoms with Crippen molar-refractivity contribution in [1.82, 2.24) is 0 Å². The maximum atomic E-state index is 12.7. The molecule has 0 aliphatic heterocycles. The topological polar surface area (TPSA) is 26.3 Å². The van der Waals surface area contributed by atoms with Crippen molar-refractivity contribution in [2.45, 2.75) is 26.6 Å². The minimum absolute atomic E-state index is 0.0863. The van der Waals surface area contributed by atoms with Gasteiger partial charge >= 0.3 is 12.1 Å². The van der Waals surface area contributed by atoms with E-state index < -0.39 is 33.9 Å². The standard InChI is InChI=1S/C22H20BrF3O2/c1-21(2)17(12-18(23)22(24,25)26)19(21)20(27)28-13-14-7-6-10-16(11-14)15-8-4-3-5-9-15/h3-12,17,19H,13H2,1-2H3/t17-,19+/m0/s1. The fourth-order valence-corrected chi connectivity index (χ4v) is 3.69. The van der Waals surface area contributed by atoms with Crippen molar-refractivity contribution < 1.29 is 22.7 Å². The van der Waals surface area contributed by atoms with E-state index in [1.165, 1.54) is 0 Å². The number of allylic oxidation sites excluding steroid dienone is 2. The highest BCUT2D eigenvalue weighted by Gasteiger charge is 2.62. The van der Waals surface area contributed by atoms with Crippen LogP contribution in [0.5, 0.6) is 0 Å². The van der Waals surface area contributed by atoms with Gasteiger partial charge in [-0.15, -0.1) is 0 Å². The lowest BCUT2D eigenvalue weighted by Gasteiger charge is -2.08. The first-order valence-corrected chi connectivity index (χ1v) is 9.65. The normalized spacial score (nSPS) is 21.3. The van der Waals surface area contributed by atoms with Gasteiger partial charge in [-0.1, -0.05) is 68.5 Å². The molecule has 2 atom stereocenters. The Kier molecular flexibility index (Phi) is 5.71. The predicted octanol–water partition coefficient (Wildman–Crippen LogP) is 6.51. The Bertz CT molecular complexity index is 888. The van der Waals surface area contributed by atoms with Gasteiger partial charge in [0, 0.05) is 0 Å². The number of halogens is 4. The second kappa shape index (κ2) is 7.74. The minimum atomic E-state index is -4.45. The number of carbonyl (C=O) groups excluding carboxylic acids is 1. The van der Waals surface area contributed by atoms with E-state index in [2.05, 4.69) is 15.9 Å². The van der Waals surface area contributed by atoms with Crippen LogP contribution in [0.4, 0.5) is 13.2 Å². The molecular weight excluding hydrogens is 433 g/mol. The number of alkyl halides is 3. The first-order valence-electron chi connectivity index (χ1n) is 8.86. The first kappa shape index (κ1) is 20.6. The SMILES string of the molecule is CC1(C)[C@@H](C=C(Br)C(F)(F)F)[C@@H]1C(=O)OCc1cccc(-c2ccccc2)c1. The van der Waals surface area contributed by atoms with Crippen LogP contribution in [0.2, 0.25) is 0 Å². The van der Waals surface area contributed by atoms with Gasteiger partial charge < -0.3 is 4.74 Å². The Morgan fingerprint density at radius 3 is 2.39 bits per heavy atom. The molecule has 3 rings (SSSR count). The maximum absolute atomic E-state index is 12.7. The Morgan fingerprint density at radius 2 is 1.75 bits per heavy atom. The predicted molar refractivity (Wildman–Crippen MR) is 106 cm³/mol. The van der Waals surface area contributed by atoms with Gasteiger partial charge in [-0.25, -0.2) is 0 Å². The minimum Gasteiger partial charge on any atom is -0.461 e. The van der Waals surface area contributed by atoms with E-state index in [1.807, 2.05) is 54.6 Å². The van der Waals surface area contributed by atoms with E-state index in [-0.39, 0.29) is 6.61 Å². The van der Waals surface area contributed by atoms with E-state index in [4.69, 9.17) is 4.74 Å². The van der Waals surface area contributed by atoms with Gasteiger partial charge in [0.25, 0.3) is 0 Å². The monoisotopic (exact) mass is 452 g/mol. The van der Waals surface area contributed by atoms with Crippen molar-refractivity contribution in [2.24, 2.45) is 17.3 Å². The number of hydrogen-bond acceptors (Lipinski definition) is 2. The number of rotatable bonds is 5. The molecule has 6 heteroatoms. The van der Waals surface area contributed by atoms with E-state index in [0.29, 0.717) is 0 Å². The summed E-state index contributed by atoms with van der Waals surface area (Å²) in [5.74, 6) is -1.56. The van der Waals surface area contributed by atoms with Crippen molar-refractivity contribution in [3.05, 3.63) is 70.7 Å². The quantitative estimate of drug-likeness (QED) is 0.483. The third-order valence-electron chi connectivity index (χ3n) is 5.18. The zero-order chi connectivity index (χ0) is 20.5. The van der Waals surface area contributed by atoms with Gasteiger partial charge in [0.05, 0.1) is 10.4 Å². The summed E-state index contributed by atoms with van der Waals surface area (Å²) in [6, 6.07) is 17.5. The highest BCUT2D eigenvalue weighted by atomic mass is 79.9. The fraction of sp³-hybridized carbons (Fsp3) is 0.318. The summed E-state index contributed by atoms with van der Waals surface area (Å²) in [6.07, 6.45) is -3.38. The van der Waals surface area contributed by atoms with E-state index >= 15 is 0 Å². The van der Waals surface area contributed by atoms with Crippen LogP contribution in [0.3, 0.4) is 0 Å². The third kappa shape index (κ3) is 4.49. The Balaban J connectivity index is 1.65. The zero-order valence-electron chi connectivity index (χ0n) is 15.5. The van der Waals surface area contributed by atoms with Gasteiger partial charge in [0.1, 0.15) is 6.61 Å². The van der Waals surface area contributed by atoms with Crippen molar-refractivity contribution in [3.8, 4) is 11.1 Å². The lowest BCUT2D eigenvalue weighted by Crippen LogP contribution is -2.11. The Hall–Kier alpha value is -2.08. The number of carbonyl (C=O) groups is 1. The molecule has 0 N–H and O–H groups in total. The number of hydrogen-bond donors (Lipinski definition) is 0. The summed E-state index contributed by atoms with van der Waals surface area (Å²) in [6.45, 7) is 3.63. The van der Waals surface area contributed by atoms with Crippen LogP contribution < -0.4 is 0 Å². The molecule has 0 unspecified atom stereocenters. The van der Waals surface area contributed by atoms with Crippen LogP contribution in [-0.4, -0.2) is 12.1 Å². The van der Waals surface area contributed by atoms with Crippen molar-refractivity contribution >= 4 is 21.9 Å². The average molecular weight is 453 g/mol. The molecule has 0 radical (unpaired) electrons. The van der Waals surface area contributed by atoms with Crippen molar-refractivity contribution in [1.29, 1.82) is 0 Å². The van der Waals surface area contributed by atoms with Crippen LogP contribution in [0.1, 0.15) is 19.4 Å². The van der Waals surface area contributed by atoms with Crippen LogP contribution in [0.25, 0.3) is 11.1 Å². The molecule has 28 heavy (non-hydrogen) atoms. The summed E-state index contributed by atoms with van der Waals surface area (Å²) in [5.41, 5.74) is 2.33. The second-order valence-corrected chi connectivity index (χ2v) is 8.37. The largest absolute Gasteiger partial charge is 0.461 e. The Labute approximate surface area is 170 Å². The molecule has 148 valence electrons. The summed E-state index contributed by atoms with van der Waals surface area (Å²) < 4.78 is 42.8. The molecule has 2 nitrogen and oxygen atoms in total. The van der Waals surface area contributed by atoms with Gasteiger partial charge in [-0.3, -0.25) is 4.79 Å². The zero-order valence-corrected chi connectivity index (χ0v) is 17.0. The highest BCUT2D eigenvalue weighted by molar-refractivity contribution is 9.11. The molecule has 1 aliphatic rings. The fourth-order valence-electron chi connectivity index (χ4n) is 3.41. The van der Waals surface area contributed by atoms with Crippen molar-refractivity contribution in [2.75, 3.05) is 0 Å². The highest BCUT2D eigenvalue weighted by Crippen LogP contribution is 2.60. The maximum Gasteiger partial charge on any atom is 0.422 e. The number of benzene rings is 2. The summed E-state index contributed by atoms with van der Waals surface area (Å²) >= 11 is 2.56. The van der Waals surface area contributed by atoms with Crippen LogP contribution in [0, 0.1) is 17.3 Å². The number of ether oxygens (including phenoxy) is 1. The molecule has 1 saturated carbocycles. The summed E-state index contributed by atoms with van der Waals surface area (Å²) in [7, 11) is 0. The molecule has 0 heterocycles. The van der Waals surface area contributed by atoms with Gasteiger partial charge in [0.15, 0.2) is 0 Å². The molecule has 0 aromatic heterocycles. The first-order chi connectivity index (χ1) is 13.1.